The van der Waals surface area contributed by atoms with Crippen LogP contribution in [0.2, 0.25) is 0 Å². The molecule has 0 bridgehead atoms. The van der Waals surface area contributed by atoms with Gasteiger partial charge in [0, 0.05) is 24.5 Å². The second-order valence-corrected chi connectivity index (χ2v) is 11.2. The first-order valence-corrected chi connectivity index (χ1v) is 15.6. The Balaban J connectivity index is 1.46. The highest BCUT2D eigenvalue weighted by Gasteiger charge is 2.21. The maximum absolute atomic E-state index is 12.0. The number of aromatic nitrogens is 4. The molecular weight excluding hydrogens is 570 g/mol. The number of amides is 1. The van der Waals surface area contributed by atoms with E-state index in [1.165, 1.54) is 11.6 Å². The van der Waals surface area contributed by atoms with Crippen molar-refractivity contribution in [2.24, 2.45) is 0 Å². The molecule has 2 aromatic heterocycles. The molecule has 6 rings (SSSR count). The van der Waals surface area contributed by atoms with E-state index < -0.39 is 0 Å². The number of unbranched alkanes of at least 4 members (excludes halogenated alkanes) is 1. The smallest absolute Gasteiger partial charge is 0.247 e. The maximum atomic E-state index is 12.0. The Bertz CT molecular complexity index is 1880. The molecule has 230 valence electrons. The lowest BCUT2D eigenvalue weighted by Crippen LogP contribution is -2.24. The van der Waals surface area contributed by atoms with Gasteiger partial charge in [0.05, 0.1) is 5.69 Å². The van der Waals surface area contributed by atoms with Gasteiger partial charge >= 0.3 is 0 Å². The van der Waals surface area contributed by atoms with E-state index in [0.29, 0.717) is 35.9 Å². The number of fused-ring (bicyclic) bond motifs is 1. The summed E-state index contributed by atoms with van der Waals surface area (Å²) in [5.74, 6) is 0.907. The van der Waals surface area contributed by atoms with Gasteiger partial charge < -0.3 is 15.5 Å². The van der Waals surface area contributed by atoms with E-state index in [1.54, 1.807) is 6.33 Å². The summed E-state index contributed by atoms with van der Waals surface area (Å²) < 4.78 is 1.92. The largest absolute Gasteiger partial charge is 0.346 e. The fourth-order valence-corrected chi connectivity index (χ4v) is 5.36. The van der Waals surface area contributed by atoms with Crippen molar-refractivity contribution in [1.82, 2.24) is 19.5 Å². The molecule has 0 fully saturated rings. The summed E-state index contributed by atoms with van der Waals surface area (Å²) in [6.45, 7) is 7.03. The van der Waals surface area contributed by atoms with Crippen molar-refractivity contribution in [3.63, 3.8) is 0 Å². The molecule has 1 amide bonds. The lowest BCUT2D eigenvalue weighted by molar-refractivity contribution is -0.111. The third-order valence-electron chi connectivity index (χ3n) is 7.72. The van der Waals surface area contributed by atoms with Crippen molar-refractivity contribution < 1.29 is 4.79 Å². The van der Waals surface area contributed by atoms with Gasteiger partial charge in [0.1, 0.15) is 6.33 Å². The summed E-state index contributed by atoms with van der Waals surface area (Å²) >= 11 is 0. The Hall–Kier alpha value is -5.76. The first-order valence-electron chi connectivity index (χ1n) is 15.6. The van der Waals surface area contributed by atoms with E-state index in [1.807, 2.05) is 41.0 Å². The van der Waals surface area contributed by atoms with Crippen LogP contribution in [-0.2, 0) is 24.3 Å². The molecule has 46 heavy (non-hydrogen) atoms. The quantitative estimate of drug-likeness (QED) is 0.129. The number of aryl methyl sites for hydroxylation is 1. The summed E-state index contributed by atoms with van der Waals surface area (Å²) in [7, 11) is 0. The number of anilines is 4. The molecule has 2 N–H and O–H groups in total. The Morgan fingerprint density at radius 2 is 1.52 bits per heavy atom. The molecule has 0 aliphatic rings. The minimum Gasteiger partial charge on any atom is -0.346 e. The molecule has 0 aliphatic heterocycles. The van der Waals surface area contributed by atoms with Crippen LogP contribution >= 0.6 is 0 Å². The molecule has 0 saturated carbocycles. The van der Waals surface area contributed by atoms with Crippen LogP contribution in [0.15, 0.2) is 128 Å². The van der Waals surface area contributed by atoms with Crippen molar-refractivity contribution in [3.05, 3.63) is 145 Å². The number of hydrogen-bond acceptors (Lipinski definition) is 6. The number of nitrogens with one attached hydrogen (secondary N) is 2. The fourth-order valence-electron chi connectivity index (χ4n) is 5.36. The Morgan fingerprint density at radius 3 is 2.17 bits per heavy atom. The van der Waals surface area contributed by atoms with Crippen LogP contribution in [0.25, 0.3) is 16.9 Å². The number of carbonyl (C=O) groups is 1. The van der Waals surface area contributed by atoms with Crippen LogP contribution in [0, 0.1) is 0 Å². The molecule has 0 spiro atoms. The van der Waals surface area contributed by atoms with E-state index >= 15 is 0 Å². The third-order valence-corrected chi connectivity index (χ3v) is 7.72. The number of imidazole rings is 1. The van der Waals surface area contributed by atoms with E-state index in [4.69, 9.17) is 15.0 Å². The molecule has 8 nitrogen and oxygen atoms in total. The van der Waals surface area contributed by atoms with E-state index in [2.05, 4.69) is 102 Å². The lowest BCUT2D eigenvalue weighted by atomic mass is 10.1. The molecule has 4 aromatic carbocycles. The van der Waals surface area contributed by atoms with Gasteiger partial charge in [-0.3, -0.25) is 9.36 Å². The number of benzene rings is 4. The molecule has 0 saturated heterocycles. The van der Waals surface area contributed by atoms with Crippen molar-refractivity contribution in [2.45, 2.75) is 39.3 Å². The summed E-state index contributed by atoms with van der Waals surface area (Å²) in [6.07, 6.45) is 6.39. The van der Waals surface area contributed by atoms with Crippen molar-refractivity contribution in [1.29, 1.82) is 0 Å². The van der Waals surface area contributed by atoms with Crippen molar-refractivity contribution in [3.8, 4) is 5.69 Å². The Kier molecular flexibility index (Phi) is 9.44. The zero-order valence-corrected chi connectivity index (χ0v) is 25.9. The van der Waals surface area contributed by atoms with E-state index in [-0.39, 0.29) is 5.91 Å². The highest BCUT2D eigenvalue weighted by molar-refractivity contribution is 5.99. The lowest BCUT2D eigenvalue weighted by Gasteiger charge is -2.25. The monoisotopic (exact) mass is 607 g/mol. The predicted octanol–water partition coefficient (Wildman–Crippen LogP) is 8.23. The van der Waals surface area contributed by atoms with Gasteiger partial charge in [0.25, 0.3) is 0 Å². The van der Waals surface area contributed by atoms with Gasteiger partial charge in [-0.2, -0.15) is 9.97 Å². The SMILES string of the molecule is C=CC(=O)Nc1cccc(-n2cnc3c(N(Cc4ccccc4)Cc4ccccc4)nc(Nc4ccc(CCCC)cc4)nc32)c1. The van der Waals surface area contributed by atoms with E-state index in [9.17, 15) is 4.79 Å². The average Bonchev–Trinajstić information content (AvgIpc) is 3.52. The highest BCUT2D eigenvalue weighted by Crippen LogP contribution is 2.30. The van der Waals surface area contributed by atoms with Gasteiger partial charge in [-0.05, 0) is 65.9 Å². The summed E-state index contributed by atoms with van der Waals surface area (Å²) in [6, 6.07) is 36.8. The molecule has 2 heterocycles. The van der Waals surface area contributed by atoms with Crippen molar-refractivity contribution in [2.75, 3.05) is 15.5 Å². The normalized spacial score (nSPS) is 10.9. The average molecular weight is 608 g/mol. The zero-order chi connectivity index (χ0) is 31.7. The maximum Gasteiger partial charge on any atom is 0.247 e. The van der Waals surface area contributed by atoms with Gasteiger partial charge in [-0.1, -0.05) is 98.8 Å². The van der Waals surface area contributed by atoms with Gasteiger partial charge in [-0.25, -0.2) is 4.98 Å². The minimum atomic E-state index is -0.276. The van der Waals surface area contributed by atoms with Crippen LogP contribution in [0.4, 0.5) is 23.1 Å². The van der Waals surface area contributed by atoms with Crippen LogP contribution in [0.3, 0.4) is 0 Å². The van der Waals surface area contributed by atoms with Crippen molar-refractivity contribution >= 4 is 40.2 Å². The molecule has 0 radical (unpaired) electrons. The standard InChI is InChI=1S/C38H37N7O/c1-3-5-13-28-20-22-31(23-21-28)41-38-42-36(44(25-29-14-8-6-9-15-29)26-30-16-10-7-11-17-30)35-37(43-38)45(27-39-35)33-19-12-18-32(24-33)40-34(46)4-2/h4,6-12,14-24,27H,2-3,5,13,25-26H2,1H3,(H,40,46)(H,41,42,43). The highest BCUT2D eigenvalue weighted by atomic mass is 16.1. The number of carbonyl (C=O) groups excluding carboxylic acids is 1. The molecule has 0 atom stereocenters. The third kappa shape index (κ3) is 7.30. The fraction of sp³-hybridized carbons (Fsp3) is 0.158. The molecular formula is C38H37N7O. The topological polar surface area (TPSA) is 88.0 Å². The molecule has 0 unspecified atom stereocenters. The van der Waals surface area contributed by atoms with E-state index in [0.717, 1.165) is 47.6 Å². The van der Waals surface area contributed by atoms with Crippen LogP contribution in [-0.4, -0.2) is 25.4 Å². The summed E-state index contributed by atoms with van der Waals surface area (Å²) in [5, 5.41) is 6.30. The van der Waals surface area contributed by atoms with Crippen LogP contribution in [0.5, 0.6) is 0 Å². The number of hydrogen-bond donors (Lipinski definition) is 2. The molecule has 0 aliphatic carbocycles. The first-order chi connectivity index (χ1) is 22.6. The van der Waals surface area contributed by atoms with Gasteiger partial charge in [-0.15, -0.1) is 0 Å². The molecule has 8 heteroatoms. The van der Waals surface area contributed by atoms with Crippen LogP contribution in [0.1, 0.15) is 36.5 Å². The first kappa shape index (κ1) is 30.3. The molecule has 6 aromatic rings. The number of nitrogens with zero attached hydrogens (tertiary/aromatic N) is 5. The Labute approximate surface area is 269 Å². The predicted molar refractivity (Wildman–Crippen MR) is 187 cm³/mol. The minimum absolute atomic E-state index is 0.276. The summed E-state index contributed by atoms with van der Waals surface area (Å²) in [4.78, 5) is 29.2. The van der Waals surface area contributed by atoms with Gasteiger partial charge in [0.15, 0.2) is 17.0 Å². The van der Waals surface area contributed by atoms with Gasteiger partial charge in [0.2, 0.25) is 11.9 Å². The Morgan fingerprint density at radius 1 is 0.826 bits per heavy atom. The zero-order valence-electron chi connectivity index (χ0n) is 25.9. The summed E-state index contributed by atoms with van der Waals surface area (Å²) in [5.41, 5.74) is 7.30. The number of rotatable bonds is 13. The second kappa shape index (κ2) is 14.3. The van der Waals surface area contributed by atoms with Crippen LogP contribution < -0.4 is 15.5 Å². The second-order valence-electron chi connectivity index (χ2n) is 11.2.